The fraction of sp³-hybridized carbons (Fsp3) is 0.471. The molecular weight excluding hydrogens is 290 g/mol. The molecule has 0 saturated carbocycles. The topological polar surface area (TPSA) is 54.3 Å². The number of hydrogen-bond donors (Lipinski definition) is 0. The van der Waals surface area contributed by atoms with E-state index in [4.69, 9.17) is 0 Å². The molecule has 1 amide bonds. The van der Waals surface area contributed by atoms with Gasteiger partial charge >= 0.3 is 0 Å². The zero-order chi connectivity index (χ0) is 16.4. The summed E-state index contributed by atoms with van der Waals surface area (Å²) in [4.78, 5) is 21.2. The lowest BCUT2D eigenvalue weighted by molar-refractivity contribution is 0.0595. The van der Waals surface area contributed by atoms with E-state index < -0.39 is 0 Å². The maximum Gasteiger partial charge on any atom is 0.273 e. The number of carbonyl (C=O) groups is 1. The van der Waals surface area contributed by atoms with Crippen molar-refractivity contribution in [2.24, 2.45) is 7.05 Å². The molecule has 1 unspecified atom stereocenters. The highest BCUT2D eigenvalue weighted by atomic mass is 16.2. The summed E-state index contributed by atoms with van der Waals surface area (Å²) in [5, 5.41) is 4.25. The molecule has 2 aromatic heterocycles. The molecule has 0 N–H and O–H groups in total. The standard InChI is InChI=1S/C17H23N5O/c1-20(2)13-7-9-18-14(12-13)17(23)22-11-5-4-6-16(22)15-8-10-19-21(15)3/h7-10,12,16H,4-6,11H2,1-3H3. The maximum absolute atomic E-state index is 13.0. The average molecular weight is 313 g/mol. The van der Waals surface area contributed by atoms with Crippen LogP contribution in [0.2, 0.25) is 0 Å². The van der Waals surface area contributed by atoms with Crippen LogP contribution in [-0.4, -0.2) is 46.2 Å². The van der Waals surface area contributed by atoms with Gasteiger partial charge in [-0.2, -0.15) is 5.10 Å². The predicted octanol–water partition coefficient (Wildman–Crippen LogP) is 2.25. The van der Waals surface area contributed by atoms with Gasteiger partial charge in [-0.25, -0.2) is 0 Å². The van der Waals surface area contributed by atoms with E-state index in [2.05, 4.69) is 10.1 Å². The third-order valence-electron chi connectivity index (χ3n) is 4.44. The van der Waals surface area contributed by atoms with E-state index in [0.29, 0.717) is 5.69 Å². The Kier molecular flexibility index (Phi) is 4.32. The maximum atomic E-state index is 13.0. The zero-order valence-electron chi connectivity index (χ0n) is 13.9. The first kappa shape index (κ1) is 15.5. The van der Waals surface area contributed by atoms with Crippen molar-refractivity contribution >= 4 is 11.6 Å². The fourth-order valence-electron chi connectivity index (χ4n) is 3.15. The van der Waals surface area contributed by atoms with Crippen LogP contribution in [0.3, 0.4) is 0 Å². The van der Waals surface area contributed by atoms with E-state index >= 15 is 0 Å². The lowest BCUT2D eigenvalue weighted by Gasteiger charge is -2.35. The molecule has 3 heterocycles. The van der Waals surface area contributed by atoms with Crippen molar-refractivity contribution in [1.29, 1.82) is 0 Å². The molecule has 1 aliphatic rings. The summed E-state index contributed by atoms with van der Waals surface area (Å²) in [6.07, 6.45) is 6.63. The van der Waals surface area contributed by atoms with E-state index in [-0.39, 0.29) is 11.9 Å². The number of anilines is 1. The predicted molar refractivity (Wildman–Crippen MR) is 89.4 cm³/mol. The van der Waals surface area contributed by atoms with Crippen LogP contribution < -0.4 is 4.90 Å². The van der Waals surface area contributed by atoms with Crippen LogP contribution in [0, 0.1) is 0 Å². The van der Waals surface area contributed by atoms with Crippen molar-refractivity contribution in [3.63, 3.8) is 0 Å². The van der Waals surface area contributed by atoms with Crippen molar-refractivity contribution in [2.45, 2.75) is 25.3 Å². The summed E-state index contributed by atoms with van der Waals surface area (Å²) in [5.74, 6) is -0.000370. The molecule has 23 heavy (non-hydrogen) atoms. The first-order valence-corrected chi connectivity index (χ1v) is 8.00. The molecule has 1 atom stereocenters. The van der Waals surface area contributed by atoms with Gasteiger partial charge in [-0.15, -0.1) is 0 Å². The minimum absolute atomic E-state index is 0.000370. The zero-order valence-corrected chi connectivity index (χ0v) is 13.9. The van der Waals surface area contributed by atoms with Crippen LogP contribution in [0.1, 0.15) is 41.5 Å². The molecule has 122 valence electrons. The average Bonchev–Trinajstić information content (AvgIpc) is 3.00. The molecule has 0 radical (unpaired) electrons. The summed E-state index contributed by atoms with van der Waals surface area (Å²) in [6, 6.07) is 5.84. The van der Waals surface area contributed by atoms with Crippen LogP contribution in [0.5, 0.6) is 0 Å². The van der Waals surface area contributed by atoms with E-state index in [0.717, 1.165) is 37.2 Å². The molecule has 1 fully saturated rings. The summed E-state index contributed by atoms with van der Waals surface area (Å²) >= 11 is 0. The van der Waals surface area contributed by atoms with Gasteiger partial charge in [0.15, 0.2) is 0 Å². The number of pyridine rings is 1. The monoisotopic (exact) mass is 313 g/mol. The van der Waals surface area contributed by atoms with Gasteiger partial charge < -0.3 is 9.80 Å². The Morgan fingerprint density at radius 1 is 1.26 bits per heavy atom. The number of hydrogen-bond acceptors (Lipinski definition) is 4. The highest BCUT2D eigenvalue weighted by Gasteiger charge is 2.31. The molecule has 0 spiro atoms. The minimum atomic E-state index is -0.000370. The van der Waals surface area contributed by atoms with E-state index in [1.165, 1.54) is 0 Å². The van der Waals surface area contributed by atoms with Crippen LogP contribution in [0.25, 0.3) is 0 Å². The molecule has 1 aliphatic heterocycles. The highest BCUT2D eigenvalue weighted by Crippen LogP contribution is 2.31. The minimum Gasteiger partial charge on any atom is -0.378 e. The Bertz CT molecular complexity index is 694. The molecule has 6 heteroatoms. The number of nitrogens with zero attached hydrogens (tertiary/aromatic N) is 5. The van der Waals surface area contributed by atoms with Gasteiger partial charge in [0.1, 0.15) is 5.69 Å². The van der Waals surface area contributed by atoms with Gasteiger partial charge in [-0.3, -0.25) is 14.5 Å². The van der Waals surface area contributed by atoms with Crippen LogP contribution in [0.15, 0.2) is 30.6 Å². The van der Waals surface area contributed by atoms with Crippen LogP contribution in [0.4, 0.5) is 5.69 Å². The van der Waals surface area contributed by atoms with E-state index in [1.807, 2.05) is 53.8 Å². The molecule has 6 nitrogen and oxygen atoms in total. The summed E-state index contributed by atoms with van der Waals surface area (Å²) in [7, 11) is 5.85. The van der Waals surface area contributed by atoms with E-state index in [9.17, 15) is 4.79 Å². The molecule has 0 aromatic carbocycles. The Balaban J connectivity index is 1.90. The number of aryl methyl sites for hydroxylation is 1. The van der Waals surface area contributed by atoms with Crippen molar-refractivity contribution in [1.82, 2.24) is 19.7 Å². The summed E-state index contributed by atoms with van der Waals surface area (Å²) < 4.78 is 1.86. The number of piperidine rings is 1. The van der Waals surface area contributed by atoms with Crippen molar-refractivity contribution < 1.29 is 4.79 Å². The molecule has 1 saturated heterocycles. The molecule has 2 aromatic rings. The highest BCUT2D eigenvalue weighted by molar-refractivity contribution is 5.93. The Morgan fingerprint density at radius 2 is 2.09 bits per heavy atom. The van der Waals surface area contributed by atoms with Crippen LogP contribution in [-0.2, 0) is 7.05 Å². The van der Waals surface area contributed by atoms with Crippen molar-refractivity contribution in [2.75, 3.05) is 25.5 Å². The van der Waals surface area contributed by atoms with Gasteiger partial charge in [-0.05, 0) is 37.5 Å². The van der Waals surface area contributed by atoms with Gasteiger partial charge in [0.05, 0.1) is 11.7 Å². The van der Waals surface area contributed by atoms with Gasteiger partial charge in [-0.1, -0.05) is 0 Å². The third kappa shape index (κ3) is 3.06. The second-order valence-corrected chi connectivity index (χ2v) is 6.18. The lowest BCUT2D eigenvalue weighted by Crippen LogP contribution is -2.39. The molecular formula is C17H23N5O. The first-order valence-electron chi connectivity index (χ1n) is 8.00. The van der Waals surface area contributed by atoms with Gasteiger partial charge in [0.2, 0.25) is 0 Å². The number of amides is 1. The SMILES string of the molecule is CN(C)c1ccnc(C(=O)N2CCCCC2c2ccnn2C)c1. The second-order valence-electron chi connectivity index (χ2n) is 6.18. The summed E-state index contributed by atoms with van der Waals surface area (Å²) in [5.41, 5.74) is 2.57. The quantitative estimate of drug-likeness (QED) is 0.872. The Labute approximate surface area is 136 Å². The molecule has 3 rings (SSSR count). The Hall–Kier alpha value is -2.37. The number of carbonyl (C=O) groups excluding carboxylic acids is 1. The largest absolute Gasteiger partial charge is 0.378 e. The normalized spacial score (nSPS) is 18.0. The van der Waals surface area contributed by atoms with Gasteiger partial charge in [0.25, 0.3) is 5.91 Å². The molecule has 0 aliphatic carbocycles. The number of likely N-dealkylation sites (tertiary alicyclic amines) is 1. The van der Waals surface area contributed by atoms with Crippen molar-refractivity contribution in [3.05, 3.63) is 42.0 Å². The van der Waals surface area contributed by atoms with E-state index in [1.54, 1.807) is 12.4 Å². The summed E-state index contributed by atoms with van der Waals surface area (Å²) in [6.45, 7) is 0.766. The Morgan fingerprint density at radius 3 is 2.78 bits per heavy atom. The smallest absolute Gasteiger partial charge is 0.273 e. The van der Waals surface area contributed by atoms with Crippen molar-refractivity contribution in [3.8, 4) is 0 Å². The number of aromatic nitrogens is 3. The van der Waals surface area contributed by atoms with Crippen LogP contribution >= 0.6 is 0 Å². The fourth-order valence-corrected chi connectivity index (χ4v) is 3.15. The molecule has 0 bridgehead atoms. The van der Waals surface area contributed by atoms with Gasteiger partial charge in [0, 0.05) is 45.8 Å². The lowest BCUT2D eigenvalue weighted by atomic mass is 9.98. The third-order valence-corrected chi connectivity index (χ3v) is 4.44. The second kappa shape index (κ2) is 6.40. The number of rotatable bonds is 3. The first-order chi connectivity index (χ1) is 11.1.